The second-order valence-electron chi connectivity index (χ2n) is 11.0. The maximum absolute atomic E-state index is 5.14. The molecule has 0 unspecified atom stereocenters. The van der Waals surface area contributed by atoms with E-state index < -0.39 is 0 Å². The van der Waals surface area contributed by atoms with Crippen LogP contribution in [0, 0.1) is 0 Å². The van der Waals surface area contributed by atoms with Crippen molar-refractivity contribution >= 4 is 58.8 Å². The van der Waals surface area contributed by atoms with Gasteiger partial charge in [-0.2, -0.15) is 0 Å². The van der Waals surface area contributed by atoms with Crippen molar-refractivity contribution in [1.82, 2.24) is 14.2 Å². The van der Waals surface area contributed by atoms with Crippen LogP contribution < -0.4 is 0 Å². The van der Waals surface area contributed by atoms with Gasteiger partial charge in [0, 0.05) is 38.5 Å². The molecule has 9 rings (SSSR count). The quantitative estimate of drug-likeness (QED) is 0.218. The Morgan fingerprint density at radius 2 is 1.50 bits per heavy atom. The summed E-state index contributed by atoms with van der Waals surface area (Å²) in [6, 6.07) is 35.5. The Morgan fingerprint density at radius 3 is 2.42 bits per heavy atom. The second kappa shape index (κ2) is 6.91. The minimum Gasteiger partial charge on any atom is -0.291 e. The number of pyridine rings is 1. The van der Waals surface area contributed by atoms with Crippen LogP contribution in [0.2, 0.25) is 0 Å². The van der Waals surface area contributed by atoms with Crippen molar-refractivity contribution in [2.24, 2.45) is 0 Å². The summed E-state index contributed by atoms with van der Waals surface area (Å²) in [5.41, 5.74) is 9.03. The van der Waals surface area contributed by atoms with Gasteiger partial charge in [0.05, 0.1) is 21.3 Å². The highest BCUT2D eigenvalue weighted by Gasteiger charge is 2.36. The molecule has 0 saturated carbocycles. The Balaban J connectivity index is 1.44. The molecule has 8 aromatic rings. The first-order valence-corrected chi connectivity index (χ1v) is 13.9. The van der Waals surface area contributed by atoms with Crippen molar-refractivity contribution in [2.45, 2.75) is 19.3 Å². The van der Waals surface area contributed by atoms with Crippen molar-refractivity contribution in [3.63, 3.8) is 0 Å². The molecule has 0 atom stereocenters. The Morgan fingerprint density at radius 1 is 0.711 bits per heavy atom. The summed E-state index contributed by atoms with van der Waals surface area (Å²) in [6.45, 7) is 4.71. The molecule has 4 aromatic heterocycles. The Kier molecular flexibility index (Phi) is 3.75. The van der Waals surface area contributed by atoms with Crippen molar-refractivity contribution in [1.29, 1.82) is 0 Å². The molecule has 0 saturated heterocycles. The average molecular weight is 506 g/mol. The zero-order valence-electron chi connectivity index (χ0n) is 21.1. The van der Waals surface area contributed by atoms with Crippen LogP contribution in [-0.4, -0.2) is 14.2 Å². The van der Waals surface area contributed by atoms with E-state index in [1.165, 1.54) is 64.2 Å². The van der Waals surface area contributed by atoms with Gasteiger partial charge < -0.3 is 0 Å². The normalized spacial score (nSPS) is 14.3. The molecule has 0 amide bonds. The number of rotatable bonds is 1. The van der Waals surface area contributed by atoms with Crippen LogP contribution in [0.4, 0.5) is 0 Å². The van der Waals surface area contributed by atoms with Crippen molar-refractivity contribution in [2.75, 3.05) is 0 Å². The van der Waals surface area contributed by atoms with Gasteiger partial charge in [-0.1, -0.05) is 80.6 Å². The fourth-order valence-electron chi connectivity index (χ4n) is 6.66. The van der Waals surface area contributed by atoms with Crippen molar-refractivity contribution < 1.29 is 0 Å². The number of fused-ring (bicyclic) bond motifs is 10. The lowest BCUT2D eigenvalue weighted by atomic mass is 9.82. The van der Waals surface area contributed by atoms with E-state index in [0.717, 1.165) is 11.3 Å². The van der Waals surface area contributed by atoms with E-state index in [-0.39, 0.29) is 5.41 Å². The van der Waals surface area contributed by atoms with Gasteiger partial charge in [-0.15, -0.1) is 16.4 Å². The molecule has 1 aliphatic rings. The number of aromatic nitrogens is 3. The van der Waals surface area contributed by atoms with Crippen LogP contribution in [0.1, 0.15) is 25.0 Å². The molecule has 0 aliphatic heterocycles. The van der Waals surface area contributed by atoms with Gasteiger partial charge in [0.15, 0.2) is 5.82 Å². The summed E-state index contributed by atoms with van der Waals surface area (Å²) >= 11 is 1.89. The Bertz CT molecular complexity index is 2220. The standard InChI is InChI=1S/C34H23N3S/c1-34(2)27-13-7-5-11-23(27)25-18-29-26(17-28(25)34)33-32(24-12-6-8-14-30(24)38-33)37(29)31-16-22-15-20-9-3-4-10-21(20)19-36(22)35-31/h3-19H,1-2H3. The van der Waals surface area contributed by atoms with Gasteiger partial charge in [0.1, 0.15) is 0 Å². The number of hydrogen-bond donors (Lipinski definition) is 0. The predicted octanol–water partition coefficient (Wildman–Crippen LogP) is 9.11. The summed E-state index contributed by atoms with van der Waals surface area (Å²) in [7, 11) is 0. The molecular weight excluding hydrogens is 482 g/mol. The maximum atomic E-state index is 5.14. The van der Waals surface area contributed by atoms with Gasteiger partial charge in [-0.25, -0.2) is 4.52 Å². The van der Waals surface area contributed by atoms with E-state index in [1.807, 2.05) is 15.9 Å². The lowest BCUT2D eigenvalue weighted by Gasteiger charge is -2.21. The summed E-state index contributed by atoms with van der Waals surface area (Å²) in [5, 5.41) is 10.2. The number of hydrogen-bond acceptors (Lipinski definition) is 2. The first-order chi connectivity index (χ1) is 18.6. The molecule has 0 radical (unpaired) electrons. The number of benzene rings is 4. The topological polar surface area (TPSA) is 22.2 Å². The van der Waals surface area contributed by atoms with E-state index in [2.05, 4.69) is 122 Å². The van der Waals surface area contributed by atoms with Crippen LogP contribution in [0.25, 0.3) is 64.4 Å². The van der Waals surface area contributed by atoms with E-state index in [0.29, 0.717) is 0 Å². The third-order valence-corrected chi connectivity index (χ3v) is 9.71. The second-order valence-corrected chi connectivity index (χ2v) is 12.0. The van der Waals surface area contributed by atoms with Gasteiger partial charge >= 0.3 is 0 Å². The zero-order chi connectivity index (χ0) is 25.2. The highest BCUT2D eigenvalue weighted by atomic mass is 32.1. The molecule has 0 bridgehead atoms. The average Bonchev–Trinajstić information content (AvgIpc) is 3.65. The molecule has 4 heterocycles. The summed E-state index contributed by atoms with van der Waals surface area (Å²) < 4.78 is 7.06. The summed E-state index contributed by atoms with van der Waals surface area (Å²) in [4.78, 5) is 0. The van der Waals surface area contributed by atoms with E-state index in [4.69, 9.17) is 5.10 Å². The highest BCUT2D eigenvalue weighted by molar-refractivity contribution is 7.26. The smallest absolute Gasteiger partial charge is 0.160 e. The van der Waals surface area contributed by atoms with Crippen LogP contribution in [-0.2, 0) is 5.41 Å². The van der Waals surface area contributed by atoms with Gasteiger partial charge in [0.25, 0.3) is 0 Å². The summed E-state index contributed by atoms with van der Waals surface area (Å²) in [5.74, 6) is 0.953. The molecule has 3 nitrogen and oxygen atoms in total. The van der Waals surface area contributed by atoms with Crippen molar-refractivity contribution in [3.8, 4) is 16.9 Å². The van der Waals surface area contributed by atoms with Gasteiger partial charge in [-0.3, -0.25) is 4.57 Å². The molecule has 180 valence electrons. The Hall–Kier alpha value is -4.41. The first-order valence-electron chi connectivity index (χ1n) is 13.1. The molecule has 1 aliphatic carbocycles. The van der Waals surface area contributed by atoms with Crippen LogP contribution in [0.3, 0.4) is 0 Å². The number of thiophene rings is 1. The minimum absolute atomic E-state index is 0.0333. The largest absolute Gasteiger partial charge is 0.291 e. The fourth-order valence-corrected chi connectivity index (χ4v) is 7.88. The molecule has 0 N–H and O–H groups in total. The Labute approximate surface area is 223 Å². The van der Waals surface area contributed by atoms with Gasteiger partial charge in [-0.05, 0) is 51.9 Å². The molecule has 0 spiro atoms. The third kappa shape index (κ3) is 2.51. The molecule has 0 fully saturated rings. The van der Waals surface area contributed by atoms with E-state index in [1.54, 1.807) is 0 Å². The fraction of sp³-hybridized carbons (Fsp3) is 0.0882. The molecule has 38 heavy (non-hydrogen) atoms. The highest BCUT2D eigenvalue weighted by Crippen LogP contribution is 2.52. The van der Waals surface area contributed by atoms with Crippen LogP contribution in [0.5, 0.6) is 0 Å². The van der Waals surface area contributed by atoms with Crippen molar-refractivity contribution in [3.05, 3.63) is 114 Å². The summed E-state index contributed by atoms with van der Waals surface area (Å²) in [6.07, 6.45) is 2.14. The van der Waals surface area contributed by atoms with Crippen LogP contribution >= 0.6 is 11.3 Å². The van der Waals surface area contributed by atoms with E-state index in [9.17, 15) is 0 Å². The van der Waals surface area contributed by atoms with Gasteiger partial charge in [0.2, 0.25) is 0 Å². The minimum atomic E-state index is -0.0333. The predicted molar refractivity (Wildman–Crippen MR) is 160 cm³/mol. The SMILES string of the molecule is CC1(C)c2ccccc2-c2cc3c(cc21)c1sc2ccccc2c1n3-c1cc2cc3ccccc3cn2n1. The molecular formula is C34H23N3S. The van der Waals surface area contributed by atoms with E-state index >= 15 is 0 Å². The molecule has 4 heteroatoms. The monoisotopic (exact) mass is 505 g/mol. The van der Waals surface area contributed by atoms with Crippen LogP contribution in [0.15, 0.2) is 103 Å². The lowest BCUT2D eigenvalue weighted by Crippen LogP contribution is -2.14. The lowest BCUT2D eigenvalue weighted by molar-refractivity contribution is 0.661. The number of nitrogens with zero attached hydrogens (tertiary/aromatic N) is 3. The third-order valence-electron chi connectivity index (χ3n) is 8.52. The maximum Gasteiger partial charge on any atom is 0.160 e. The zero-order valence-corrected chi connectivity index (χ0v) is 21.9. The first kappa shape index (κ1) is 20.6. The molecule has 4 aromatic carbocycles.